The van der Waals surface area contributed by atoms with Gasteiger partial charge in [0.15, 0.2) is 0 Å². The zero-order valence-electron chi connectivity index (χ0n) is 10.9. The summed E-state index contributed by atoms with van der Waals surface area (Å²) in [7, 11) is 0. The lowest BCUT2D eigenvalue weighted by Gasteiger charge is -2.08. The number of aromatic nitrogens is 1. The van der Waals surface area contributed by atoms with Crippen molar-refractivity contribution in [3.63, 3.8) is 0 Å². The summed E-state index contributed by atoms with van der Waals surface area (Å²) >= 11 is 6.15. The van der Waals surface area contributed by atoms with Crippen molar-refractivity contribution in [1.29, 1.82) is 0 Å². The molecule has 1 aromatic heterocycles. The Labute approximate surface area is 121 Å². The first-order chi connectivity index (χ1) is 9.72. The minimum Gasteiger partial charge on any atom is -0.353 e. The second-order valence-corrected chi connectivity index (χ2v) is 5.34. The number of hydrogen-bond acceptors (Lipinski definition) is 2. The van der Waals surface area contributed by atoms with E-state index in [1.54, 1.807) is 0 Å². The van der Waals surface area contributed by atoms with E-state index in [1.807, 2.05) is 37.3 Å². The Hall–Kier alpha value is -2.26. The molecule has 0 spiro atoms. The Morgan fingerprint density at radius 2 is 1.95 bits per heavy atom. The van der Waals surface area contributed by atoms with E-state index < -0.39 is 0 Å². The van der Waals surface area contributed by atoms with Crippen LogP contribution >= 0.6 is 11.6 Å². The van der Waals surface area contributed by atoms with Gasteiger partial charge in [0.1, 0.15) is 5.84 Å². The molecule has 20 heavy (non-hydrogen) atoms. The summed E-state index contributed by atoms with van der Waals surface area (Å²) in [6, 6.07) is 14.0. The average Bonchev–Trinajstić information content (AvgIpc) is 2.73. The number of aromatic amines is 1. The van der Waals surface area contributed by atoms with E-state index in [4.69, 9.17) is 16.6 Å². The number of para-hydroxylation sites is 1. The molecule has 0 unspecified atom stereocenters. The molecule has 0 aliphatic carbocycles. The van der Waals surface area contributed by atoms with Crippen molar-refractivity contribution in [3.05, 3.63) is 47.5 Å². The Kier molecular flexibility index (Phi) is 2.38. The minimum absolute atomic E-state index is 0.717. The molecular formula is C16H12ClN3. The molecule has 4 rings (SSSR count). The van der Waals surface area contributed by atoms with Gasteiger partial charge in [-0.3, -0.25) is 0 Å². The summed E-state index contributed by atoms with van der Waals surface area (Å²) in [5.41, 5.74) is 5.12. The summed E-state index contributed by atoms with van der Waals surface area (Å²) in [5.74, 6) is 0.872. The van der Waals surface area contributed by atoms with Crippen LogP contribution in [0.1, 0.15) is 6.92 Å². The van der Waals surface area contributed by atoms with E-state index in [-0.39, 0.29) is 0 Å². The maximum absolute atomic E-state index is 6.15. The monoisotopic (exact) mass is 281 g/mol. The van der Waals surface area contributed by atoms with Gasteiger partial charge in [-0.1, -0.05) is 29.8 Å². The van der Waals surface area contributed by atoms with E-state index in [0.29, 0.717) is 0 Å². The Morgan fingerprint density at radius 1 is 1.10 bits per heavy atom. The first kappa shape index (κ1) is 11.6. The van der Waals surface area contributed by atoms with Gasteiger partial charge in [0.2, 0.25) is 0 Å². The molecule has 3 nitrogen and oxygen atoms in total. The normalized spacial score (nSPS) is 13.2. The van der Waals surface area contributed by atoms with Crippen LogP contribution in [-0.4, -0.2) is 10.8 Å². The molecule has 0 atom stereocenters. The van der Waals surface area contributed by atoms with Crippen LogP contribution in [0.2, 0.25) is 5.02 Å². The molecule has 1 aliphatic rings. The molecule has 2 aromatic carbocycles. The minimum atomic E-state index is 0.717. The highest BCUT2D eigenvalue weighted by atomic mass is 35.5. The van der Waals surface area contributed by atoms with Crippen LogP contribution in [0.3, 0.4) is 0 Å². The Balaban J connectivity index is 2.14. The molecule has 1 aliphatic heterocycles. The third-order valence-corrected chi connectivity index (χ3v) is 3.76. The molecule has 2 heterocycles. The first-order valence-corrected chi connectivity index (χ1v) is 6.83. The van der Waals surface area contributed by atoms with Crippen LogP contribution < -0.4 is 5.32 Å². The topological polar surface area (TPSA) is 40.2 Å². The van der Waals surface area contributed by atoms with Crippen molar-refractivity contribution < 1.29 is 0 Å². The van der Waals surface area contributed by atoms with Gasteiger partial charge in [0.25, 0.3) is 0 Å². The van der Waals surface area contributed by atoms with Crippen LogP contribution in [-0.2, 0) is 0 Å². The molecule has 0 amide bonds. The maximum Gasteiger partial charge on any atom is 0.104 e. The molecule has 2 N–H and O–H groups in total. The predicted molar refractivity (Wildman–Crippen MR) is 85.1 cm³/mol. The summed E-state index contributed by atoms with van der Waals surface area (Å²) in [5, 5.41) is 5.16. The van der Waals surface area contributed by atoms with Crippen molar-refractivity contribution in [2.24, 2.45) is 4.99 Å². The predicted octanol–water partition coefficient (Wildman–Crippen LogP) is 4.96. The summed E-state index contributed by atoms with van der Waals surface area (Å²) < 4.78 is 0. The van der Waals surface area contributed by atoms with Crippen molar-refractivity contribution in [1.82, 2.24) is 4.98 Å². The zero-order chi connectivity index (χ0) is 13.7. The van der Waals surface area contributed by atoms with Gasteiger partial charge in [-0.2, -0.15) is 0 Å². The van der Waals surface area contributed by atoms with Crippen LogP contribution in [0.15, 0.2) is 47.5 Å². The fourth-order valence-corrected chi connectivity index (χ4v) is 2.83. The average molecular weight is 282 g/mol. The number of nitrogens with zero attached hydrogens (tertiary/aromatic N) is 1. The number of H-pyrrole nitrogens is 1. The van der Waals surface area contributed by atoms with Crippen molar-refractivity contribution in [2.45, 2.75) is 6.92 Å². The quantitative estimate of drug-likeness (QED) is 0.600. The number of nitrogens with one attached hydrogen (secondary N) is 2. The highest BCUT2D eigenvalue weighted by molar-refractivity contribution is 6.31. The van der Waals surface area contributed by atoms with Crippen molar-refractivity contribution >= 4 is 39.7 Å². The lowest BCUT2D eigenvalue weighted by molar-refractivity contribution is 1.44. The molecule has 4 heteroatoms. The van der Waals surface area contributed by atoms with Gasteiger partial charge in [0, 0.05) is 27.2 Å². The molecule has 0 saturated carbocycles. The van der Waals surface area contributed by atoms with Crippen LogP contribution in [0.5, 0.6) is 0 Å². The molecule has 3 aromatic rings. The van der Waals surface area contributed by atoms with Gasteiger partial charge in [-0.15, -0.1) is 0 Å². The molecule has 98 valence electrons. The lowest BCUT2D eigenvalue weighted by Crippen LogP contribution is -2.05. The summed E-state index contributed by atoms with van der Waals surface area (Å²) in [6.45, 7) is 1.97. The zero-order valence-corrected chi connectivity index (χ0v) is 11.6. The third kappa shape index (κ3) is 1.63. The van der Waals surface area contributed by atoms with Gasteiger partial charge in [-0.05, 0) is 31.2 Å². The second-order valence-electron chi connectivity index (χ2n) is 4.91. The number of halogens is 1. The molecule has 0 radical (unpaired) electrons. The first-order valence-electron chi connectivity index (χ1n) is 6.45. The number of amidine groups is 1. The van der Waals surface area contributed by atoms with Gasteiger partial charge < -0.3 is 10.3 Å². The molecule has 0 fully saturated rings. The lowest BCUT2D eigenvalue weighted by atomic mass is 10.1. The highest BCUT2D eigenvalue weighted by Gasteiger charge is 2.19. The molecular weight excluding hydrogens is 270 g/mol. The number of anilines is 1. The number of fused-ring (bicyclic) bond motifs is 5. The van der Waals surface area contributed by atoms with E-state index in [2.05, 4.69) is 22.4 Å². The number of hydrogen-bond donors (Lipinski definition) is 2. The van der Waals surface area contributed by atoms with E-state index in [1.165, 1.54) is 0 Å². The Morgan fingerprint density at radius 3 is 2.85 bits per heavy atom. The maximum atomic E-state index is 6.15. The van der Waals surface area contributed by atoms with Gasteiger partial charge in [-0.25, -0.2) is 4.99 Å². The third-order valence-electron chi connectivity index (χ3n) is 3.52. The van der Waals surface area contributed by atoms with Gasteiger partial charge in [0.05, 0.1) is 11.4 Å². The summed E-state index contributed by atoms with van der Waals surface area (Å²) in [6.07, 6.45) is 0. The number of aliphatic imine (C=N–C) groups is 1. The van der Waals surface area contributed by atoms with Gasteiger partial charge >= 0.3 is 0 Å². The molecule has 0 saturated heterocycles. The van der Waals surface area contributed by atoms with E-state index >= 15 is 0 Å². The van der Waals surface area contributed by atoms with Crippen LogP contribution in [0.4, 0.5) is 11.4 Å². The second kappa shape index (κ2) is 4.12. The largest absolute Gasteiger partial charge is 0.353 e. The van der Waals surface area contributed by atoms with E-state index in [9.17, 15) is 0 Å². The summed E-state index contributed by atoms with van der Waals surface area (Å²) in [4.78, 5) is 8.16. The SMILES string of the molecule is CC1=Nc2c([nH]c3ccccc23)-c2cc(Cl)ccc2N1. The highest BCUT2D eigenvalue weighted by Crippen LogP contribution is 2.42. The fraction of sp³-hybridized carbons (Fsp3) is 0.0625. The number of benzene rings is 2. The smallest absolute Gasteiger partial charge is 0.104 e. The Bertz CT molecular complexity index is 861. The molecule has 0 bridgehead atoms. The van der Waals surface area contributed by atoms with Crippen molar-refractivity contribution in [3.8, 4) is 11.3 Å². The van der Waals surface area contributed by atoms with Crippen molar-refractivity contribution in [2.75, 3.05) is 5.32 Å². The van der Waals surface area contributed by atoms with Crippen LogP contribution in [0.25, 0.3) is 22.2 Å². The van der Waals surface area contributed by atoms with E-state index in [0.717, 1.165) is 44.4 Å². The van der Waals surface area contributed by atoms with Crippen LogP contribution in [0, 0.1) is 0 Å². The number of rotatable bonds is 0. The standard InChI is InChI=1S/C16H12ClN3/c1-9-18-14-7-6-10(17)8-12(14)16-15(19-9)11-4-2-3-5-13(11)20-16/h2-8,20H,1H3,(H,18,19). The fourth-order valence-electron chi connectivity index (χ4n) is 2.66.